The molecule has 0 radical (unpaired) electrons. The number of hydrogen-bond acceptors (Lipinski definition) is 2. The van der Waals surface area contributed by atoms with Crippen molar-refractivity contribution in [2.75, 3.05) is 10.6 Å². The van der Waals surface area contributed by atoms with E-state index in [1.165, 1.54) is 37.3 Å². The van der Waals surface area contributed by atoms with Crippen LogP contribution in [-0.4, -0.2) is 5.91 Å². The number of carbonyl (C=O) groups is 1. The summed E-state index contributed by atoms with van der Waals surface area (Å²) in [7, 11) is 0. The van der Waals surface area contributed by atoms with Crippen molar-refractivity contribution in [1.82, 2.24) is 0 Å². The monoisotopic (exact) mass is 326 g/mol. The maximum Gasteiger partial charge on any atom is 0.418 e. The molecule has 0 aliphatic heterocycles. The molecular formula is C16H14F4N2O. The van der Waals surface area contributed by atoms with Gasteiger partial charge in [0, 0.05) is 24.8 Å². The van der Waals surface area contributed by atoms with Crippen LogP contribution in [0.25, 0.3) is 0 Å². The van der Waals surface area contributed by atoms with Gasteiger partial charge in [-0.25, -0.2) is 4.39 Å². The Morgan fingerprint density at radius 3 is 2.48 bits per heavy atom. The summed E-state index contributed by atoms with van der Waals surface area (Å²) in [6, 6.07) is 9.04. The van der Waals surface area contributed by atoms with Gasteiger partial charge in [-0.1, -0.05) is 12.1 Å². The predicted molar refractivity (Wildman–Crippen MR) is 79.5 cm³/mol. The van der Waals surface area contributed by atoms with Gasteiger partial charge in [0.25, 0.3) is 0 Å². The third kappa shape index (κ3) is 4.70. The highest BCUT2D eigenvalue weighted by Gasteiger charge is 2.33. The Bertz CT molecular complexity index is 713. The van der Waals surface area contributed by atoms with Gasteiger partial charge in [0.15, 0.2) is 0 Å². The fourth-order valence-corrected chi connectivity index (χ4v) is 2.06. The summed E-state index contributed by atoms with van der Waals surface area (Å²) in [6.45, 7) is 1.25. The lowest BCUT2D eigenvalue weighted by Crippen LogP contribution is -2.13. The minimum Gasteiger partial charge on any atom is -0.380 e. The van der Waals surface area contributed by atoms with Crippen LogP contribution in [0.15, 0.2) is 42.5 Å². The molecule has 0 fully saturated rings. The number of nitrogens with one attached hydrogen (secondary N) is 2. The number of amides is 1. The van der Waals surface area contributed by atoms with Gasteiger partial charge < -0.3 is 10.6 Å². The fraction of sp³-hybridized carbons (Fsp3) is 0.188. The average molecular weight is 326 g/mol. The van der Waals surface area contributed by atoms with Crippen molar-refractivity contribution in [3.63, 3.8) is 0 Å². The van der Waals surface area contributed by atoms with Gasteiger partial charge in [-0.2, -0.15) is 13.2 Å². The first-order valence-electron chi connectivity index (χ1n) is 6.73. The molecule has 23 heavy (non-hydrogen) atoms. The van der Waals surface area contributed by atoms with Gasteiger partial charge in [-0.05, 0) is 35.9 Å². The Morgan fingerprint density at radius 1 is 1.13 bits per heavy atom. The Hall–Kier alpha value is -2.57. The molecule has 1 amide bonds. The van der Waals surface area contributed by atoms with Crippen molar-refractivity contribution in [3.05, 3.63) is 59.4 Å². The van der Waals surface area contributed by atoms with Crippen molar-refractivity contribution < 1.29 is 22.4 Å². The van der Waals surface area contributed by atoms with E-state index in [2.05, 4.69) is 10.6 Å². The van der Waals surface area contributed by atoms with E-state index < -0.39 is 23.5 Å². The summed E-state index contributed by atoms with van der Waals surface area (Å²) >= 11 is 0. The lowest BCUT2D eigenvalue weighted by Gasteiger charge is -2.16. The van der Waals surface area contributed by atoms with Gasteiger partial charge in [-0.15, -0.1) is 0 Å². The molecule has 0 atom stereocenters. The molecule has 0 aliphatic carbocycles. The first-order valence-corrected chi connectivity index (χ1v) is 6.73. The number of halogens is 4. The summed E-state index contributed by atoms with van der Waals surface area (Å²) in [6.07, 6.45) is -4.58. The molecule has 2 aromatic carbocycles. The highest BCUT2D eigenvalue weighted by molar-refractivity contribution is 5.89. The molecule has 0 saturated carbocycles. The van der Waals surface area contributed by atoms with E-state index in [-0.39, 0.29) is 17.9 Å². The molecule has 122 valence electrons. The highest BCUT2D eigenvalue weighted by atomic mass is 19.4. The lowest BCUT2D eigenvalue weighted by molar-refractivity contribution is -0.137. The fourth-order valence-electron chi connectivity index (χ4n) is 2.06. The van der Waals surface area contributed by atoms with Gasteiger partial charge >= 0.3 is 6.18 Å². The first kappa shape index (κ1) is 16.8. The zero-order valence-corrected chi connectivity index (χ0v) is 12.2. The topological polar surface area (TPSA) is 41.1 Å². The van der Waals surface area contributed by atoms with Crippen LogP contribution in [-0.2, 0) is 17.5 Å². The van der Waals surface area contributed by atoms with Crippen LogP contribution in [0.4, 0.5) is 28.9 Å². The maximum absolute atomic E-state index is 13.1. The molecule has 0 unspecified atom stereocenters. The molecular weight excluding hydrogens is 312 g/mol. The molecule has 0 aliphatic rings. The second kappa shape index (κ2) is 6.68. The van der Waals surface area contributed by atoms with E-state index in [4.69, 9.17) is 0 Å². The third-order valence-electron chi connectivity index (χ3n) is 3.02. The smallest absolute Gasteiger partial charge is 0.380 e. The number of hydrogen-bond donors (Lipinski definition) is 2. The Balaban J connectivity index is 2.25. The number of benzene rings is 2. The molecule has 0 saturated heterocycles. The number of rotatable bonds is 4. The third-order valence-corrected chi connectivity index (χ3v) is 3.02. The molecule has 2 N–H and O–H groups in total. The number of alkyl halides is 3. The minimum atomic E-state index is -4.58. The quantitative estimate of drug-likeness (QED) is 0.817. The van der Waals surface area contributed by atoms with Crippen molar-refractivity contribution in [3.8, 4) is 0 Å². The number of anilines is 2. The summed E-state index contributed by atoms with van der Waals surface area (Å²) in [5, 5.41) is 4.95. The summed E-state index contributed by atoms with van der Waals surface area (Å²) < 4.78 is 52.5. The molecule has 0 aromatic heterocycles. The van der Waals surface area contributed by atoms with Crippen LogP contribution < -0.4 is 10.6 Å². The van der Waals surface area contributed by atoms with Gasteiger partial charge in [0.2, 0.25) is 5.91 Å². The first-order chi connectivity index (χ1) is 10.8. The molecule has 0 bridgehead atoms. The Kier molecular flexibility index (Phi) is 4.88. The van der Waals surface area contributed by atoms with Crippen molar-refractivity contribution in [2.45, 2.75) is 19.6 Å². The normalized spacial score (nSPS) is 11.2. The largest absolute Gasteiger partial charge is 0.418 e. The van der Waals surface area contributed by atoms with E-state index in [1.807, 2.05) is 0 Å². The summed E-state index contributed by atoms with van der Waals surface area (Å²) in [5.41, 5.74) is -0.471. The van der Waals surface area contributed by atoms with Crippen molar-refractivity contribution in [2.24, 2.45) is 0 Å². The lowest BCUT2D eigenvalue weighted by atomic mass is 10.1. The number of carbonyl (C=O) groups excluding carboxylic acids is 1. The van der Waals surface area contributed by atoms with Crippen LogP contribution in [0.2, 0.25) is 0 Å². The molecule has 2 aromatic rings. The van der Waals surface area contributed by atoms with Crippen molar-refractivity contribution >= 4 is 17.3 Å². The predicted octanol–water partition coefficient (Wildman–Crippen LogP) is 4.42. The maximum atomic E-state index is 13.1. The molecule has 0 spiro atoms. The van der Waals surface area contributed by atoms with Crippen LogP contribution in [0.3, 0.4) is 0 Å². The van der Waals surface area contributed by atoms with Gasteiger partial charge in [-0.3, -0.25) is 4.79 Å². The van der Waals surface area contributed by atoms with Crippen LogP contribution in [0.5, 0.6) is 0 Å². The standard InChI is InChI=1S/C16H14F4N2O/c1-10(23)22-13-5-6-15(14(8-13)16(18,19)20)21-9-11-3-2-4-12(17)7-11/h2-8,21H,9H2,1H3,(H,22,23). The molecule has 0 heterocycles. The van der Waals surface area contributed by atoms with Gasteiger partial charge in [0.05, 0.1) is 5.56 Å². The second-order valence-electron chi connectivity index (χ2n) is 4.92. The van der Waals surface area contributed by atoms with E-state index in [1.54, 1.807) is 6.07 Å². The van der Waals surface area contributed by atoms with E-state index >= 15 is 0 Å². The van der Waals surface area contributed by atoms with E-state index in [0.717, 1.165) is 6.07 Å². The van der Waals surface area contributed by atoms with Crippen molar-refractivity contribution in [1.29, 1.82) is 0 Å². The summed E-state index contributed by atoms with van der Waals surface area (Å²) in [4.78, 5) is 11.0. The highest BCUT2D eigenvalue weighted by Crippen LogP contribution is 2.36. The zero-order valence-electron chi connectivity index (χ0n) is 12.2. The van der Waals surface area contributed by atoms with Crippen LogP contribution >= 0.6 is 0 Å². The minimum absolute atomic E-state index is 0.0420. The van der Waals surface area contributed by atoms with Gasteiger partial charge in [0.1, 0.15) is 5.82 Å². The van der Waals surface area contributed by atoms with E-state index in [0.29, 0.717) is 5.56 Å². The molecule has 2 rings (SSSR count). The SMILES string of the molecule is CC(=O)Nc1ccc(NCc2cccc(F)c2)c(C(F)(F)F)c1. The second-order valence-corrected chi connectivity index (χ2v) is 4.92. The summed E-state index contributed by atoms with van der Waals surface area (Å²) in [5.74, 6) is -0.917. The van der Waals surface area contributed by atoms with E-state index in [9.17, 15) is 22.4 Å². The molecule has 3 nitrogen and oxygen atoms in total. The van der Waals surface area contributed by atoms with Crippen LogP contribution in [0, 0.1) is 5.82 Å². The zero-order chi connectivity index (χ0) is 17.0. The molecule has 7 heteroatoms. The van der Waals surface area contributed by atoms with Crippen LogP contribution in [0.1, 0.15) is 18.1 Å². The Labute approximate surface area is 130 Å². The Morgan fingerprint density at radius 2 is 1.87 bits per heavy atom. The average Bonchev–Trinajstić information content (AvgIpc) is 2.44.